The maximum Gasteiger partial charge on any atom is 0.00900 e. The van der Waals surface area contributed by atoms with E-state index in [0.29, 0.717) is 0 Å². The Bertz CT molecular complexity index is 118. The molecule has 0 aromatic heterocycles. The minimum absolute atomic E-state index is 0.723. The maximum atomic E-state index is 3.59. The van der Waals surface area contributed by atoms with Crippen molar-refractivity contribution >= 4 is 0 Å². The summed E-state index contributed by atoms with van der Waals surface area (Å²) >= 11 is 0. The molecule has 0 aliphatic heterocycles. The Morgan fingerprint density at radius 3 is 1.86 bits per heavy atom. The van der Waals surface area contributed by atoms with Gasteiger partial charge in [-0.2, -0.15) is 0 Å². The second-order valence-electron chi connectivity index (χ2n) is 4.47. The van der Waals surface area contributed by atoms with Crippen LogP contribution in [0.1, 0.15) is 60.3 Å². The predicted octanol–water partition coefficient (Wildman–Crippen LogP) is 3.84. The van der Waals surface area contributed by atoms with Crippen molar-refractivity contribution in [1.82, 2.24) is 5.32 Å². The van der Waals surface area contributed by atoms with E-state index in [1.165, 1.54) is 25.7 Å². The highest BCUT2D eigenvalue weighted by atomic mass is 14.9. The quantitative estimate of drug-likeness (QED) is 0.626. The molecule has 1 nitrogen and oxygen atoms in total. The average molecular weight is 199 g/mol. The van der Waals surface area contributed by atoms with Crippen molar-refractivity contribution in [2.24, 2.45) is 11.8 Å². The van der Waals surface area contributed by atoms with Gasteiger partial charge in [-0.3, -0.25) is 0 Å². The Balaban J connectivity index is 3.94. The summed E-state index contributed by atoms with van der Waals surface area (Å²) in [7, 11) is 0. The zero-order valence-corrected chi connectivity index (χ0v) is 10.8. The lowest BCUT2D eigenvalue weighted by Gasteiger charge is -2.26. The van der Waals surface area contributed by atoms with E-state index in [1.54, 1.807) is 0 Å². The lowest BCUT2D eigenvalue weighted by molar-refractivity contribution is 0.292. The molecular formula is C13H29N. The van der Waals surface area contributed by atoms with Crippen molar-refractivity contribution in [2.75, 3.05) is 6.54 Å². The standard InChI is InChI=1S/C13H29N/c1-6-12(7-2)10-11(5)13(8-3)14-9-4/h11-14H,6-10H2,1-5H3. The van der Waals surface area contributed by atoms with Crippen molar-refractivity contribution in [3.63, 3.8) is 0 Å². The normalized spacial score (nSPS) is 15.9. The molecule has 2 unspecified atom stereocenters. The predicted molar refractivity (Wildman–Crippen MR) is 65.6 cm³/mol. The van der Waals surface area contributed by atoms with Gasteiger partial charge in [0.1, 0.15) is 0 Å². The van der Waals surface area contributed by atoms with Crippen LogP contribution in [0.3, 0.4) is 0 Å². The van der Waals surface area contributed by atoms with E-state index in [2.05, 4.69) is 39.9 Å². The van der Waals surface area contributed by atoms with E-state index >= 15 is 0 Å². The molecule has 0 bridgehead atoms. The highest BCUT2D eigenvalue weighted by Crippen LogP contribution is 2.22. The fourth-order valence-electron chi connectivity index (χ4n) is 2.32. The minimum atomic E-state index is 0.723. The molecule has 1 N–H and O–H groups in total. The molecule has 0 heterocycles. The number of rotatable bonds is 8. The molecule has 0 fully saturated rings. The maximum absolute atomic E-state index is 3.59. The molecule has 0 aliphatic rings. The van der Waals surface area contributed by atoms with Crippen LogP contribution in [-0.4, -0.2) is 12.6 Å². The van der Waals surface area contributed by atoms with Crippen LogP contribution in [0.15, 0.2) is 0 Å². The molecule has 0 rings (SSSR count). The van der Waals surface area contributed by atoms with E-state index < -0.39 is 0 Å². The molecule has 0 spiro atoms. The van der Waals surface area contributed by atoms with Gasteiger partial charge in [-0.1, -0.05) is 47.5 Å². The van der Waals surface area contributed by atoms with Gasteiger partial charge in [0.05, 0.1) is 0 Å². The molecule has 0 saturated carbocycles. The first-order chi connectivity index (χ1) is 6.69. The summed E-state index contributed by atoms with van der Waals surface area (Å²) in [5.74, 6) is 1.75. The van der Waals surface area contributed by atoms with E-state index in [9.17, 15) is 0 Å². The summed E-state index contributed by atoms with van der Waals surface area (Å²) in [5.41, 5.74) is 0. The van der Waals surface area contributed by atoms with Gasteiger partial charge in [-0.25, -0.2) is 0 Å². The second-order valence-corrected chi connectivity index (χ2v) is 4.47. The molecule has 0 saturated heterocycles. The van der Waals surface area contributed by atoms with E-state index in [0.717, 1.165) is 24.4 Å². The van der Waals surface area contributed by atoms with E-state index in [-0.39, 0.29) is 0 Å². The minimum Gasteiger partial charge on any atom is -0.314 e. The first-order valence-corrected chi connectivity index (χ1v) is 6.42. The third-order valence-corrected chi connectivity index (χ3v) is 3.45. The van der Waals surface area contributed by atoms with Crippen molar-refractivity contribution in [3.05, 3.63) is 0 Å². The highest BCUT2D eigenvalue weighted by Gasteiger charge is 2.17. The topological polar surface area (TPSA) is 12.0 Å². The molecule has 86 valence electrons. The number of hydrogen-bond acceptors (Lipinski definition) is 1. The molecule has 0 amide bonds. The summed E-state index contributed by atoms with van der Waals surface area (Å²) in [4.78, 5) is 0. The third-order valence-electron chi connectivity index (χ3n) is 3.45. The molecule has 0 aliphatic carbocycles. The number of hydrogen-bond donors (Lipinski definition) is 1. The third kappa shape index (κ3) is 4.99. The Hall–Kier alpha value is -0.0400. The van der Waals surface area contributed by atoms with Crippen LogP contribution >= 0.6 is 0 Å². The lowest BCUT2D eigenvalue weighted by atomic mass is 9.86. The van der Waals surface area contributed by atoms with Gasteiger partial charge in [0.15, 0.2) is 0 Å². The highest BCUT2D eigenvalue weighted by molar-refractivity contribution is 4.73. The van der Waals surface area contributed by atoms with Gasteiger partial charge in [-0.15, -0.1) is 0 Å². The van der Waals surface area contributed by atoms with Gasteiger partial charge in [0.25, 0.3) is 0 Å². The van der Waals surface area contributed by atoms with Crippen LogP contribution < -0.4 is 5.32 Å². The van der Waals surface area contributed by atoms with Crippen LogP contribution in [0.5, 0.6) is 0 Å². The van der Waals surface area contributed by atoms with E-state index in [4.69, 9.17) is 0 Å². The Kier molecular flexibility index (Phi) is 8.26. The van der Waals surface area contributed by atoms with E-state index in [1.807, 2.05) is 0 Å². The fourth-order valence-corrected chi connectivity index (χ4v) is 2.32. The van der Waals surface area contributed by atoms with Crippen LogP contribution in [0.2, 0.25) is 0 Å². The second kappa shape index (κ2) is 8.28. The fraction of sp³-hybridized carbons (Fsp3) is 1.00. The zero-order valence-electron chi connectivity index (χ0n) is 10.8. The Labute approximate surface area is 90.7 Å². The zero-order chi connectivity index (χ0) is 11.0. The summed E-state index contributed by atoms with van der Waals surface area (Å²) in [6, 6.07) is 0.723. The average Bonchev–Trinajstić information content (AvgIpc) is 2.22. The van der Waals surface area contributed by atoms with Crippen LogP contribution in [0, 0.1) is 11.8 Å². The van der Waals surface area contributed by atoms with Crippen LogP contribution in [0.4, 0.5) is 0 Å². The summed E-state index contributed by atoms with van der Waals surface area (Å²) in [6.07, 6.45) is 5.32. The summed E-state index contributed by atoms with van der Waals surface area (Å²) < 4.78 is 0. The van der Waals surface area contributed by atoms with Gasteiger partial charge < -0.3 is 5.32 Å². The lowest BCUT2D eigenvalue weighted by Crippen LogP contribution is -2.35. The van der Waals surface area contributed by atoms with Gasteiger partial charge in [0.2, 0.25) is 0 Å². The molecule has 14 heavy (non-hydrogen) atoms. The van der Waals surface area contributed by atoms with Crippen LogP contribution in [0.25, 0.3) is 0 Å². The largest absolute Gasteiger partial charge is 0.314 e. The molecule has 0 radical (unpaired) electrons. The van der Waals surface area contributed by atoms with Crippen molar-refractivity contribution in [3.8, 4) is 0 Å². The number of nitrogens with one attached hydrogen (secondary N) is 1. The van der Waals surface area contributed by atoms with Gasteiger partial charge in [0, 0.05) is 6.04 Å². The molecule has 0 aromatic carbocycles. The smallest absolute Gasteiger partial charge is 0.00900 e. The van der Waals surface area contributed by atoms with Crippen LogP contribution in [-0.2, 0) is 0 Å². The summed E-state index contributed by atoms with van der Waals surface area (Å²) in [5, 5.41) is 3.59. The SMILES string of the molecule is CCNC(CC)C(C)CC(CC)CC. The van der Waals surface area contributed by atoms with Gasteiger partial charge >= 0.3 is 0 Å². The molecule has 0 aromatic rings. The molecular weight excluding hydrogens is 170 g/mol. The van der Waals surface area contributed by atoms with Crippen molar-refractivity contribution < 1.29 is 0 Å². The van der Waals surface area contributed by atoms with Gasteiger partial charge in [-0.05, 0) is 31.2 Å². The summed E-state index contributed by atoms with van der Waals surface area (Å²) in [6.45, 7) is 12.6. The first kappa shape index (κ1) is 14.0. The monoisotopic (exact) mass is 199 g/mol. The molecule has 1 heteroatoms. The molecule has 2 atom stereocenters. The Morgan fingerprint density at radius 2 is 1.50 bits per heavy atom. The Morgan fingerprint density at radius 1 is 0.929 bits per heavy atom. The first-order valence-electron chi connectivity index (χ1n) is 6.42. The van der Waals surface area contributed by atoms with Crippen molar-refractivity contribution in [1.29, 1.82) is 0 Å². The van der Waals surface area contributed by atoms with Crippen molar-refractivity contribution in [2.45, 2.75) is 66.3 Å².